The predicted octanol–water partition coefficient (Wildman–Crippen LogP) is 1.82. The summed E-state index contributed by atoms with van der Waals surface area (Å²) < 4.78 is 25.2. The molecule has 0 aromatic heterocycles. The van der Waals surface area contributed by atoms with Crippen molar-refractivity contribution in [3.63, 3.8) is 0 Å². The Labute approximate surface area is 129 Å². The molecule has 2 aromatic rings. The molecule has 2 N–H and O–H groups in total. The summed E-state index contributed by atoms with van der Waals surface area (Å²) in [7, 11) is -3.33. The van der Waals surface area contributed by atoms with Crippen LogP contribution in [0.2, 0.25) is 0 Å². The van der Waals surface area contributed by atoms with Crippen molar-refractivity contribution in [2.45, 2.75) is 12.5 Å². The zero-order valence-electron chi connectivity index (χ0n) is 12.0. The van der Waals surface area contributed by atoms with Crippen molar-refractivity contribution in [1.29, 1.82) is 0 Å². The Bertz CT molecular complexity index is 831. The lowest BCUT2D eigenvalue weighted by Gasteiger charge is -2.27. The summed E-state index contributed by atoms with van der Waals surface area (Å²) in [6.45, 7) is 0. The first-order chi connectivity index (χ1) is 10.4. The maximum absolute atomic E-state index is 11.9. The number of fused-ring (bicyclic) bond motifs is 1. The van der Waals surface area contributed by atoms with Crippen LogP contribution in [-0.2, 0) is 21.2 Å². The summed E-state index contributed by atoms with van der Waals surface area (Å²) in [5, 5.41) is 2.96. The molecule has 0 aliphatic carbocycles. The number of hydrogen-bond donors (Lipinski definition) is 2. The van der Waals surface area contributed by atoms with E-state index in [1.54, 1.807) is 18.2 Å². The third kappa shape index (κ3) is 3.12. The average Bonchev–Trinajstić information content (AvgIpc) is 2.45. The Balaban J connectivity index is 2.01. The van der Waals surface area contributed by atoms with Crippen molar-refractivity contribution >= 4 is 21.6 Å². The minimum Gasteiger partial charge on any atom is -0.345 e. The third-order valence-electron chi connectivity index (χ3n) is 3.55. The van der Waals surface area contributed by atoms with Crippen molar-refractivity contribution in [2.75, 3.05) is 11.0 Å². The van der Waals surface area contributed by atoms with E-state index in [1.165, 1.54) is 0 Å². The van der Waals surface area contributed by atoms with E-state index in [1.807, 2.05) is 30.3 Å². The molecule has 0 saturated carbocycles. The molecule has 5 nitrogen and oxygen atoms in total. The largest absolute Gasteiger partial charge is 0.345 e. The molecule has 1 amide bonds. The minimum atomic E-state index is -3.33. The molecule has 0 fully saturated rings. The average molecular weight is 316 g/mol. The Morgan fingerprint density at radius 3 is 2.68 bits per heavy atom. The number of nitrogens with one attached hydrogen (secondary N) is 2. The molecular weight excluding hydrogens is 300 g/mol. The smallest absolute Gasteiger partial charge is 0.229 e. The second-order valence-corrected chi connectivity index (χ2v) is 7.12. The Kier molecular flexibility index (Phi) is 3.62. The van der Waals surface area contributed by atoms with Crippen LogP contribution in [0.4, 0.5) is 5.69 Å². The molecule has 0 bridgehead atoms. The van der Waals surface area contributed by atoms with Gasteiger partial charge in [-0.05, 0) is 28.8 Å². The molecule has 1 aliphatic rings. The van der Waals surface area contributed by atoms with Gasteiger partial charge in [-0.25, -0.2) is 8.42 Å². The molecule has 0 spiro atoms. The van der Waals surface area contributed by atoms with E-state index in [9.17, 15) is 13.2 Å². The van der Waals surface area contributed by atoms with Crippen LogP contribution in [0.1, 0.15) is 22.7 Å². The molecule has 22 heavy (non-hydrogen) atoms. The van der Waals surface area contributed by atoms with Gasteiger partial charge in [0.15, 0.2) is 0 Å². The first kappa shape index (κ1) is 14.6. The molecule has 2 aromatic carbocycles. The van der Waals surface area contributed by atoms with E-state index in [0.717, 1.165) is 22.9 Å². The van der Waals surface area contributed by atoms with E-state index in [4.69, 9.17) is 0 Å². The fourth-order valence-electron chi connectivity index (χ4n) is 2.70. The van der Waals surface area contributed by atoms with Crippen molar-refractivity contribution in [2.24, 2.45) is 0 Å². The van der Waals surface area contributed by atoms with E-state index >= 15 is 0 Å². The standard InChI is InChI=1S/C16H16N2O3S/c1-22(20,21)18-13-7-4-6-12(9-13)16-14-8-3-2-5-11(14)10-15(19)17-16/h2-9,16,18H,10H2,1H3,(H,17,19). The Morgan fingerprint density at radius 1 is 1.14 bits per heavy atom. The van der Waals surface area contributed by atoms with Crippen molar-refractivity contribution in [3.05, 3.63) is 65.2 Å². The quantitative estimate of drug-likeness (QED) is 0.907. The number of amides is 1. The number of carbonyl (C=O) groups is 1. The van der Waals surface area contributed by atoms with Crippen LogP contribution in [0, 0.1) is 0 Å². The van der Waals surface area contributed by atoms with Gasteiger partial charge in [0.25, 0.3) is 0 Å². The molecule has 0 saturated heterocycles. The van der Waals surface area contributed by atoms with Gasteiger partial charge < -0.3 is 5.32 Å². The Morgan fingerprint density at radius 2 is 1.91 bits per heavy atom. The molecule has 1 atom stereocenters. The topological polar surface area (TPSA) is 75.3 Å². The van der Waals surface area contributed by atoms with E-state index in [2.05, 4.69) is 10.0 Å². The van der Waals surface area contributed by atoms with Crippen molar-refractivity contribution in [3.8, 4) is 0 Å². The van der Waals surface area contributed by atoms with Gasteiger partial charge in [0, 0.05) is 5.69 Å². The highest BCUT2D eigenvalue weighted by molar-refractivity contribution is 7.92. The van der Waals surface area contributed by atoms with Gasteiger partial charge in [0.1, 0.15) is 0 Å². The highest BCUT2D eigenvalue weighted by Gasteiger charge is 2.25. The minimum absolute atomic E-state index is 0.0369. The van der Waals surface area contributed by atoms with Crippen LogP contribution in [0.25, 0.3) is 0 Å². The summed E-state index contributed by atoms with van der Waals surface area (Å²) in [5.74, 6) is -0.0369. The summed E-state index contributed by atoms with van der Waals surface area (Å²) in [6.07, 6.45) is 1.48. The van der Waals surface area contributed by atoms with Crippen LogP contribution in [0.15, 0.2) is 48.5 Å². The third-order valence-corrected chi connectivity index (χ3v) is 4.15. The number of benzene rings is 2. The van der Waals surface area contributed by atoms with Crippen molar-refractivity contribution in [1.82, 2.24) is 5.32 Å². The monoisotopic (exact) mass is 316 g/mol. The number of hydrogen-bond acceptors (Lipinski definition) is 3. The maximum Gasteiger partial charge on any atom is 0.229 e. The lowest BCUT2D eigenvalue weighted by atomic mass is 9.89. The number of rotatable bonds is 3. The van der Waals surface area contributed by atoms with Gasteiger partial charge in [-0.3, -0.25) is 9.52 Å². The van der Waals surface area contributed by atoms with Crippen LogP contribution in [0.5, 0.6) is 0 Å². The molecule has 0 radical (unpaired) electrons. The predicted molar refractivity (Wildman–Crippen MR) is 85.0 cm³/mol. The summed E-state index contributed by atoms with van der Waals surface area (Å²) in [4.78, 5) is 11.9. The lowest BCUT2D eigenvalue weighted by molar-refractivity contribution is -0.121. The second-order valence-electron chi connectivity index (χ2n) is 5.38. The molecule has 114 valence electrons. The maximum atomic E-state index is 11.9. The van der Waals surface area contributed by atoms with Crippen LogP contribution in [-0.4, -0.2) is 20.6 Å². The van der Waals surface area contributed by atoms with Crippen LogP contribution < -0.4 is 10.0 Å². The van der Waals surface area contributed by atoms with Crippen LogP contribution >= 0.6 is 0 Å². The van der Waals surface area contributed by atoms with Gasteiger partial charge in [-0.15, -0.1) is 0 Å². The number of sulfonamides is 1. The molecule has 3 rings (SSSR count). The van der Waals surface area contributed by atoms with Gasteiger partial charge in [0.2, 0.25) is 15.9 Å². The van der Waals surface area contributed by atoms with Gasteiger partial charge >= 0.3 is 0 Å². The summed E-state index contributed by atoms with van der Waals surface area (Å²) in [6, 6.07) is 14.6. The molecule has 6 heteroatoms. The Hall–Kier alpha value is -2.34. The van der Waals surface area contributed by atoms with E-state index in [0.29, 0.717) is 12.1 Å². The lowest BCUT2D eigenvalue weighted by Crippen LogP contribution is -2.35. The fraction of sp³-hybridized carbons (Fsp3) is 0.188. The molecule has 1 heterocycles. The molecule has 1 aliphatic heterocycles. The van der Waals surface area contributed by atoms with E-state index < -0.39 is 10.0 Å². The number of anilines is 1. The van der Waals surface area contributed by atoms with Crippen molar-refractivity contribution < 1.29 is 13.2 Å². The molecule has 1 unspecified atom stereocenters. The first-order valence-electron chi connectivity index (χ1n) is 6.87. The van der Waals surface area contributed by atoms with Gasteiger partial charge in [0.05, 0.1) is 18.7 Å². The second kappa shape index (κ2) is 5.46. The van der Waals surface area contributed by atoms with Gasteiger partial charge in [-0.1, -0.05) is 36.4 Å². The summed E-state index contributed by atoms with van der Waals surface area (Å²) in [5.41, 5.74) is 3.36. The number of carbonyl (C=O) groups excluding carboxylic acids is 1. The summed E-state index contributed by atoms with van der Waals surface area (Å²) >= 11 is 0. The zero-order chi connectivity index (χ0) is 15.7. The van der Waals surface area contributed by atoms with E-state index in [-0.39, 0.29) is 11.9 Å². The normalized spacial score (nSPS) is 17.5. The highest BCUT2D eigenvalue weighted by atomic mass is 32.2. The SMILES string of the molecule is CS(=O)(=O)Nc1cccc(C2NC(=O)Cc3ccccc32)c1. The van der Waals surface area contributed by atoms with Crippen LogP contribution in [0.3, 0.4) is 0 Å². The molecular formula is C16H16N2O3S. The highest BCUT2D eigenvalue weighted by Crippen LogP contribution is 2.30. The van der Waals surface area contributed by atoms with Gasteiger partial charge in [-0.2, -0.15) is 0 Å². The fourth-order valence-corrected chi connectivity index (χ4v) is 3.25. The first-order valence-corrected chi connectivity index (χ1v) is 8.76. The zero-order valence-corrected chi connectivity index (χ0v) is 12.9.